The zero-order valence-corrected chi connectivity index (χ0v) is 8.60. The van der Waals surface area contributed by atoms with Crippen LogP contribution in [0.15, 0.2) is 30.7 Å². The van der Waals surface area contributed by atoms with Gasteiger partial charge in [0.15, 0.2) is 5.75 Å². The molecular formula is C11H10N2O3. The summed E-state index contributed by atoms with van der Waals surface area (Å²) in [4.78, 5) is 18.0. The number of carboxylic acid groups (broad SMARTS) is 1. The van der Waals surface area contributed by atoms with Gasteiger partial charge in [0.2, 0.25) is 0 Å². The van der Waals surface area contributed by atoms with E-state index in [1.807, 2.05) is 6.07 Å². The van der Waals surface area contributed by atoms with E-state index >= 15 is 0 Å². The molecule has 2 N–H and O–H groups in total. The molecule has 2 aromatic heterocycles. The van der Waals surface area contributed by atoms with Crippen LogP contribution in [0.3, 0.4) is 0 Å². The van der Waals surface area contributed by atoms with Gasteiger partial charge in [-0.2, -0.15) is 0 Å². The lowest BCUT2D eigenvalue weighted by Gasteiger charge is -2.05. The molecule has 0 radical (unpaired) electrons. The molecule has 0 spiro atoms. The van der Waals surface area contributed by atoms with E-state index in [9.17, 15) is 4.79 Å². The minimum Gasteiger partial charge on any atom is -0.494 e. The Bertz CT molecular complexity index is 506. The zero-order valence-electron chi connectivity index (χ0n) is 8.60. The summed E-state index contributed by atoms with van der Waals surface area (Å²) in [5.41, 5.74) is 1.54. The maximum atomic E-state index is 11.0. The van der Waals surface area contributed by atoms with Crippen molar-refractivity contribution in [2.24, 2.45) is 0 Å². The molecule has 5 heteroatoms. The third-order valence-electron chi connectivity index (χ3n) is 2.21. The Hall–Kier alpha value is -2.30. The first-order valence-electron chi connectivity index (χ1n) is 4.63. The Balaban J connectivity index is 2.51. The van der Waals surface area contributed by atoms with E-state index in [2.05, 4.69) is 9.97 Å². The van der Waals surface area contributed by atoms with Gasteiger partial charge in [-0.1, -0.05) is 0 Å². The summed E-state index contributed by atoms with van der Waals surface area (Å²) in [5.74, 6) is -0.775. The quantitative estimate of drug-likeness (QED) is 0.823. The number of rotatable bonds is 3. The fraction of sp³-hybridized carbons (Fsp3) is 0.0909. The molecule has 5 nitrogen and oxygen atoms in total. The van der Waals surface area contributed by atoms with Gasteiger partial charge in [-0.05, 0) is 12.1 Å². The number of methoxy groups -OCH3 is 1. The van der Waals surface area contributed by atoms with Gasteiger partial charge < -0.3 is 14.8 Å². The summed E-state index contributed by atoms with van der Waals surface area (Å²) in [5, 5.41) is 9.00. The summed E-state index contributed by atoms with van der Waals surface area (Å²) < 4.78 is 4.93. The molecule has 0 aliphatic rings. The minimum atomic E-state index is -1.03. The van der Waals surface area contributed by atoms with Crippen LogP contribution in [0.25, 0.3) is 11.3 Å². The van der Waals surface area contributed by atoms with Crippen molar-refractivity contribution in [2.75, 3.05) is 7.11 Å². The van der Waals surface area contributed by atoms with E-state index in [0.717, 1.165) is 5.56 Å². The molecule has 16 heavy (non-hydrogen) atoms. The van der Waals surface area contributed by atoms with Crippen LogP contribution in [0.4, 0.5) is 0 Å². The van der Waals surface area contributed by atoms with Crippen LogP contribution < -0.4 is 4.74 Å². The number of H-pyrrole nitrogens is 1. The van der Waals surface area contributed by atoms with Gasteiger partial charge in [-0.25, -0.2) is 4.79 Å². The topological polar surface area (TPSA) is 75.2 Å². The number of hydrogen-bond acceptors (Lipinski definition) is 3. The number of aromatic amines is 1. The van der Waals surface area contributed by atoms with Crippen molar-refractivity contribution >= 4 is 5.97 Å². The van der Waals surface area contributed by atoms with Crippen LogP contribution >= 0.6 is 0 Å². The van der Waals surface area contributed by atoms with Crippen molar-refractivity contribution in [1.82, 2.24) is 9.97 Å². The molecule has 0 atom stereocenters. The van der Waals surface area contributed by atoms with Crippen LogP contribution in [-0.2, 0) is 0 Å². The highest BCUT2D eigenvalue weighted by Crippen LogP contribution is 2.23. The van der Waals surface area contributed by atoms with Gasteiger partial charge in [0.05, 0.1) is 19.0 Å². The van der Waals surface area contributed by atoms with Crippen molar-refractivity contribution in [2.45, 2.75) is 0 Å². The van der Waals surface area contributed by atoms with Crippen molar-refractivity contribution in [1.29, 1.82) is 0 Å². The number of nitrogens with one attached hydrogen (secondary N) is 1. The second-order valence-electron chi connectivity index (χ2n) is 3.17. The Morgan fingerprint density at radius 3 is 2.94 bits per heavy atom. The molecule has 0 aromatic carbocycles. The number of carbonyl (C=O) groups is 1. The number of pyridine rings is 1. The maximum Gasteiger partial charge on any atom is 0.339 e. The van der Waals surface area contributed by atoms with Crippen molar-refractivity contribution in [3.63, 3.8) is 0 Å². The summed E-state index contributed by atoms with van der Waals surface area (Å²) in [6.07, 6.45) is 4.91. The highest BCUT2D eigenvalue weighted by molar-refractivity contribution is 5.92. The molecule has 0 aliphatic heterocycles. The molecule has 0 bridgehead atoms. The van der Waals surface area contributed by atoms with E-state index in [1.165, 1.54) is 19.4 Å². The van der Waals surface area contributed by atoms with Crippen LogP contribution in [0.2, 0.25) is 0 Å². The molecule has 2 rings (SSSR count). The molecule has 2 aromatic rings. The molecule has 82 valence electrons. The first-order chi connectivity index (χ1) is 7.72. The molecule has 0 unspecified atom stereocenters. The highest BCUT2D eigenvalue weighted by Gasteiger charge is 2.13. The van der Waals surface area contributed by atoms with E-state index in [-0.39, 0.29) is 11.3 Å². The van der Waals surface area contributed by atoms with E-state index in [1.54, 1.807) is 12.4 Å². The summed E-state index contributed by atoms with van der Waals surface area (Å²) in [6, 6.07) is 3.31. The maximum absolute atomic E-state index is 11.0. The molecule has 0 amide bonds. The predicted molar refractivity (Wildman–Crippen MR) is 57.5 cm³/mol. The fourth-order valence-electron chi connectivity index (χ4n) is 1.41. The van der Waals surface area contributed by atoms with Crippen LogP contribution in [0.1, 0.15) is 10.4 Å². The van der Waals surface area contributed by atoms with E-state index < -0.39 is 5.97 Å². The zero-order chi connectivity index (χ0) is 11.5. The second-order valence-corrected chi connectivity index (χ2v) is 3.17. The molecule has 0 aliphatic carbocycles. The van der Waals surface area contributed by atoms with Crippen LogP contribution in [-0.4, -0.2) is 28.2 Å². The Morgan fingerprint density at radius 1 is 1.56 bits per heavy atom. The predicted octanol–water partition coefficient (Wildman–Crippen LogP) is 1.78. The number of hydrogen-bond donors (Lipinski definition) is 2. The number of carboxylic acids is 1. The lowest BCUT2D eigenvalue weighted by atomic mass is 10.1. The minimum absolute atomic E-state index is 0.105. The van der Waals surface area contributed by atoms with Gasteiger partial charge in [0, 0.05) is 18.0 Å². The number of aromatic nitrogens is 2. The van der Waals surface area contributed by atoms with E-state index in [4.69, 9.17) is 9.84 Å². The first kappa shape index (κ1) is 10.2. The largest absolute Gasteiger partial charge is 0.494 e. The summed E-state index contributed by atoms with van der Waals surface area (Å²) in [6.45, 7) is 0. The van der Waals surface area contributed by atoms with Gasteiger partial charge in [0.1, 0.15) is 5.56 Å². The lowest BCUT2D eigenvalue weighted by Crippen LogP contribution is -2.01. The third-order valence-corrected chi connectivity index (χ3v) is 2.21. The standard InChI is InChI=1S/C11H10N2O3/c1-16-10-6-13-9(4-8(10)11(14)15)7-2-3-12-5-7/h2-6,12H,1H3,(H,14,15). The van der Waals surface area contributed by atoms with Crippen LogP contribution in [0.5, 0.6) is 5.75 Å². The highest BCUT2D eigenvalue weighted by atomic mass is 16.5. The monoisotopic (exact) mass is 218 g/mol. The Labute approximate surface area is 91.7 Å². The fourth-order valence-corrected chi connectivity index (χ4v) is 1.41. The molecule has 0 saturated carbocycles. The molecule has 2 heterocycles. The molecular weight excluding hydrogens is 208 g/mol. The van der Waals surface area contributed by atoms with Crippen molar-refractivity contribution < 1.29 is 14.6 Å². The van der Waals surface area contributed by atoms with E-state index in [0.29, 0.717) is 5.69 Å². The lowest BCUT2D eigenvalue weighted by molar-refractivity contribution is 0.0693. The Morgan fingerprint density at radius 2 is 2.38 bits per heavy atom. The van der Waals surface area contributed by atoms with Gasteiger partial charge in [0.25, 0.3) is 0 Å². The molecule has 0 fully saturated rings. The van der Waals surface area contributed by atoms with Gasteiger partial charge in [-0.15, -0.1) is 0 Å². The normalized spacial score (nSPS) is 10.1. The van der Waals surface area contributed by atoms with Gasteiger partial charge >= 0.3 is 5.97 Å². The van der Waals surface area contributed by atoms with Crippen molar-refractivity contribution in [3.05, 3.63) is 36.3 Å². The first-order valence-corrected chi connectivity index (χ1v) is 4.63. The van der Waals surface area contributed by atoms with Gasteiger partial charge in [-0.3, -0.25) is 4.98 Å². The average molecular weight is 218 g/mol. The Kier molecular flexibility index (Phi) is 2.59. The molecule has 0 saturated heterocycles. The number of aromatic carboxylic acids is 1. The summed E-state index contributed by atoms with van der Waals surface area (Å²) in [7, 11) is 1.42. The van der Waals surface area contributed by atoms with Crippen LogP contribution in [0, 0.1) is 0 Å². The van der Waals surface area contributed by atoms with Crippen molar-refractivity contribution in [3.8, 4) is 17.0 Å². The number of nitrogens with zero attached hydrogens (tertiary/aromatic N) is 1. The average Bonchev–Trinajstić information content (AvgIpc) is 2.81. The summed E-state index contributed by atoms with van der Waals surface area (Å²) >= 11 is 0. The second kappa shape index (κ2) is 4.06. The SMILES string of the molecule is COc1cnc(-c2cc[nH]c2)cc1C(=O)O. The number of ether oxygens (including phenoxy) is 1. The smallest absolute Gasteiger partial charge is 0.339 e. The third kappa shape index (κ3) is 1.75.